The molecule has 0 bridgehead atoms. The van der Waals surface area contributed by atoms with Gasteiger partial charge in [-0.05, 0) is 23.1 Å². The molecule has 1 aliphatic heterocycles. The lowest BCUT2D eigenvalue weighted by molar-refractivity contribution is 0.0953. The van der Waals surface area contributed by atoms with Crippen LogP contribution in [0.4, 0.5) is 0 Å². The summed E-state index contributed by atoms with van der Waals surface area (Å²) in [5.41, 5.74) is 1.82. The third-order valence-corrected chi connectivity index (χ3v) is 6.20. The van der Waals surface area contributed by atoms with E-state index >= 15 is 0 Å². The predicted molar refractivity (Wildman–Crippen MR) is 124 cm³/mol. The van der Waals surface area contributed by atoms with Crippen LogP contribution in [0.15, 0.2) is 59.4 Å². The topological polar surface area (TPSA) is 85.4 Å². The van der Waals surface area contributed by atoms with Crippen LogP contribution in [0.1, 0.15) is 27.6 Å². The van der Waals surface area contributed by atoms with E-state index in [0.29, 0.717) is 18.5 Å². The molecule has 2 aromatic heterocycles. The number of furan rings is 1. The fourth-order valence-corrected chi connectivity index (χ4v) is 4.44. The highest BCUT2D eigenvalue weighted by atomic mass is 16.5. The molecule has 4 aromatic rings. The average molecular weight is 446 g/mol. The number of hydrogen-bond donors (Lipinski definition) is 1. The number of fused-ring (bicyclic) bond motifs is 2. The van der Waals surface area contributed by atoms with E-state index in [1.165, 1.54) is 23.5 Å². The highest BCUT2D eigenvalue weighted by Gasteiger charge is 2.20. The number of carbonyl (C=O) groups excluding carboxylic acids is 1. The Balaban J connectivity index is 1.23. The van der Waals surface area contributed by atoms with Gasteiger partial charge in [-0.25, -0.2) is 0 Å². The lowest BCUT2D eigenvalue weighted by Crippen LogP contribution is -2.28. The van der Waals surface area contributed by atoms with Gasteiger partial charge in [-0.15, -0.1) is 10.2 Å². The van der Waals surface area contributed by atoms with E-state index in [9.17, 15) is 4.79 Å². The van der Waals surface area contributed by atoms with Crippen molar-refractivity contribution < 1.29 is 13.9 Å². The van der Waals surface area contributed by atoms with Gasteiger partial charge in [-0.1, -0.05) is 30.3 Å². The second-order valence-electron chi connectivity index (χ2n) is 8.20. The lowest BCUT2D eigenvalue weighted by atomic mass is 10.0. The van der Waals surface area contributed by atoms with Gasteiger partial charge in [0, 0.05) is 51.0 Å². The summed E-state index contributed by atoms with van der Waals surface area (Å²) in [6, 6.07) is 14.3. The molecule has 8 nitrogen and oxygen atoms in total. The molecule has 0 atom stereocenters. The smallest absolute Gasteiger partial charge is 0.254 e. The van der Waals surface area contributed by atoms with Crippen LogP contribution in [0, 0.1) is 0 Å². The Hall–Kier alpha value is -3.65. The number of methoxy groups -OCH3 is 1. The summed E-state index contributed by atoms with van der Waals surface area (Å²) in [6.07, 6.45) is 4.43. The molecule has 0 aliphatic carbocycles. The first-order valence-electron chi connectivity index (χ1n) is 11.2. The number of hydrogen-bond acceptors (Lipinski definition) is 6. The van der Waals surface area contributed by atoms with Crippen LogP contribution in [0.25, 0.3) is 10.8 Å². The highest BCUT2D eigenvalue weighted by Crippen LogP contribution is 2.29. The molecule has 0 unspecified atom stereocenters. The molecule has 8 heteroatoms. The Morgan fingerprint density at radius 2 is 1.97 bits per heavy atom. The van der Waals surface area contributed by atoms with Gasteiger partial charge in [0.25, 0.3) is 5.91 Å². The Kier molecular flexibility index (Phi) is 6.08. The fourth-order valence-electron chi connectivity index (χ4n) is 4.44. The first kappa shape index (κ1) is 21.2. The van der Waals surface area contributed by atoms with E-state index in [-0.39, 0.29) is 5.91 Å². The van der Waals surface area contributed by atoms with Gasteiger partial charge in [0.05, 0.1) is 18.9 Å². The summed E-state index contributed by atoms with van der Waals surface area (Å²) in [5.74, 6) is 2.68. The molecule has 170 valence electrons. The first-order valence-corrected chi connectivity index (χ1v) is 11.2. The summed E-state index contributed by atoms with van der Waals surface area (Å²) in [6.45, 7) is 4.06. The van der Waals surface area contributed by atoms with Crippen LogP contribution >= 0.6 is 0 Å². The molecule has 5 rings (SSSR count). The standard InChI is InChI=1S/C25H27N5O3/c1-32-22-7-6-18(20-4-2-3-5-21(20)22)16-29-12-9-24-28-27-23(30(24)14-13-29)8-11-26-25(31)19-10-15-33-17-19/h2-7,10,15,17H,8-9,11-14,16H2,1H3,(H,26,31). The van der Waals surface area contributed by atoms with Crippen molar-refractivity contribution in [2.75, 3.05) is 26.7 Å². The molecule has 0 spiro atoms. The van der Waals surface area contributed by atoms with Gasteiger partial charge in [0.2, 0.25) is 0 Å². The second kappa shape index (κ2) is 9.46. The maximum absolute atomic E-state index is 12.1. The molecule has 0 radical (unpaired) electrons. The van der Waals surface area contributed by atoms with Crippen LogP contribution in [0.5, 0.6) is 5.75 Å². The van der Waals surface area contributed by atoms with E-state index < -0.39 is 0 Å². The molecular formula is C25H27N5O3. The minimum Gasteiger partial charge on any atom is -0.496 e. The highest BCUT2D eigenvalue weighted by molar-refractivity contribution is 5.93. The van der Waals surface area contributed by atoms with Gasteiger partial charge in [-0.2, -0.15) is 0 Å². The molecule has 33 heavy (non-hydrogen) atoms. The third kappa shape index (κ3) is 4.47. The Labute approximate surface area is 192 Å². The van der Waals surface area contributed by atoms with Crippen LogP contribution < -0.4 is 10.1 Å². The number of nitrogens with zero attached hydrogens (tertiary/aromatic N) is 4. The summed E-state index contributed by atoms with van der Waals surface area (Å²) < 4.78 is 12.7. The van der Waals surface area contributed by atoms with Crippen molar-refractivity contribution in [3.8, 4) is 5.75 Å². The zero-order valence-corrected chi connectivity index (χ0v) is 18.7. The molecule has 3 heterocycles. The summed E-state index contributed by atoms with van der Waals surface area (Å²) >= 11 is 0. The van der Waals surface area contributed by atoms with Gasteiger partial charge >= 0.3 is 0 Å². The SMILES string of the molecule is COc1ccc(CN2CCc3nnc(CCNC(=O)c4ccoc4)n3CC2)c2ccccc12. The number of rotatable bonds is 7. The van der Waals surface area contributed by atoms with E-state index in [2.05, 4.69) is 55.3 Å². The zero-order valence-electron chi connectivity index (χ0n) is 18.7. The van der Waals surface area contributed by atoms with Gasteiger partial charge in [0.15, 0.2) is 0 Å². The summed E-state index contributed by atoms with van der Waals surface area (Å²) in [5, 5.41) is 14.1. The van der Waals surface area contributed by atoms with Crippen LogP contribution in [0.3, 0.4) is 0 Å². The summed E-state index contributed by atoms with van der Waals surface area (Å²) in [4.78, 5) is 14.6. The van der Waals surface area contributed by atoms with Gasteiger partial charge in [-0.3, -0.25) is 9.69 Å². The van der Waals surface area contributed by atoms with E-state index in [4.69, 9.17) is 9.15 Å². The van der Waals surface area contributed by atoms with Crippen molar-refractivity contribution in [2.24, 2.45) is 0 Å². The molecular weight excluding hydrogens is 418 g/mol. The van der Waals surface area contributed by atoms with Crippen LogP contribution in [-0.4, -0.2) is 52.3 Å². The third-order valence-electron chi connectivity index (χ3n) is 6.20. The Morgan fingerprint density at radius 3 is 2.79 bits per heavy atom. The fraction of sp³-hybridized carbons (Fsp3) is 0.320. The van der Waals surface area contributed by atoms with Gasteiger partial charge < -0.3 is 19.0 Å². The monoisotopic (exact) mass is 445 g/mol. The quantitative estimate of drug-likeness (QED) is 0.471. The largest absolute Gasteiger partial charge is 0.496 e. The molecule has 0 saturated heterocycles. The molecule has 0 saturated carbocycles. The van der Waals surface area contributed by atoms with Crippen molar-refractivity contribution in [2.45, 2.75) is 25.9 Å². The van der Waals surface area contributed by atoms with Crippen molar-refractivity contribution in [3.05, 3.63) is 77.8 Å². The average Bonchev–Trinajstić information content (AvgIpc) is 3.47. The molecule has 1 N–H and O–H groups in total. The van der Waals surface area contributed by atoms with Crippen molar-refractivity contribution in [1.29, 1.82) is 0 Å². The molecule has 1 amide bonds. The Bertz CT molecular complexity index is 1250. The van der Waals surface area contributed by atoms with Crippen molar-refractivity contribution in [3.63, 3.8) is 0 Å². The van der Waals surface area contributed by atoms with Crippen molar-refractivity contribution >= 4 is 16.7 Å². The maximum atomic E-state index is 12.1. The number of nitrogens with one attached hydrogen (secondary N) is 1. The molecule has 0 fully saturated rings. The second-order valence-corrected chi connectivity index (χ2v) is 8.20. The van der Waals surface area contributed by atoms with E-state index in [1.807, 2.05) is 6.07 Å². The van der Waals surface area contributed by atoms with Gasteiger partial charge in [0.1, 0.15) is 23.7 Å². The summed E-state index contributed by atoms with van der Waals surface area (Å²) in [7, 11) is 1.71. The number of aromatic nitrogens is 3. The van der Waals surface area contributed by atoms with Crippen molar-refractivity contribution in [1.82, 2.24) is 25.0 Å². The Morgan fingerprint density at radius 1 is 1.09 bits per heavy atom. The zero-order chi connectivity index (χ0) is 22.6. The van der Waals surface area contributed by atoms with Crippen LogP contribution in [-0.2, 0) is 25.9 Å². The number of carbonyl (C=O) groups is 1. The number of amides is 1. The first-order chi connectivity index (χ1) is 16.2. The van der Waals surface area contributed by atoms with Crippen LogP contribution in [0.2, 0.25) is 0 Å². The van der Waals surface area contributed by atoms with E-state index in [0.717, 1.165) is 55.4 Å². The molecule has 1 aliphatic rings. The minimum atomic E-state index is -0.141. The number of benzene rings is 2. The number of ether oxygens (including phenoxy) is 1. The minimum absolute atomic E-state index is 0.141. The van der Waals surface area contributed by atoms with E-state index in [1.54, 1.807) is 13.2 Å². The predicted octanol–water partition coefficient (Wildman–Crippen LogP) is 3.06. The molecule has 2 aromatic carbocycles. The lowest BCUT2D eigenvalue weighted by Gasteiger charge is -2.21. The maximum Gasteiger partial charge on any atom is 0.254 e. The normalized spacial score (nSPS) is 14.1.